The quantitative estimate of drug-likeness (QED) is 0.691. The van der Waals surface area contributed by atoms with E-state index in [-0.39, 0.29) is 37.6 Å². The molecule has 30 heavy (non-hydrogen) atoms. The average Bonchev–Trinajstić information content (AvgIpc) is 3.13. The number of methoxy groups -OCH3 is 2. The van der Waals surface area contributed by atoms with Gasteiger partial charge in [0, 0.05) is 37.8 Å². The summed E-state index contributed by atoms with van der Waals surface area (Å²) < 4.78 is 10.6. The van der Waals surface area contributed by atoms with Gasteiger partial charge in [-0.3, -0.25) is 4.79 Å². The maximum absolute atomic E-state index is 12.8. The van der Waals surface area contributed by atoms with Crippen molar-refractivity contribution in [3.63, 3.8) is 0 Å². The predicted molar refractivity (Wildman–Crippen MR) is 113 cm³/mol. The Hall–Kier alpha value is -3.26. The Bertz CT molecular complexity index is 874. The monoisotopic (exact) mass is 413 g/mol. The van der Waals surface area contributed by atoms with Gasteiger partial charge < -0.3 is 29.7 Å². The molecule has 8 heteroatoms. The zero-order chi connectivity index (χ0) is 21.5. The summed E-state index contributed by atoms with van der Waals surface area (Å²) >= 11 is 0. The second kappa shape index (κ2) is 9.98. The summed E-state index contributed by atoms with van der Waals surface area (Å²) in [5, 5.41) is 12.3. The van der Waals surface area contributed by atoms with Crippen molar-refractivity contribution in [3.05, 3.63) is 54.1 Å². The summed E-state index contributed by atoms with van der Waals surface area (Å²) in [7, 11) is 3.09. The highest BCUT2D eigenvalue weighted by molar-refractivity contribution is 5.97. The number of aliphatic hydroxyl groups excluding tert-OH is 1. The van der Waals surface area contributed by atoms with Crippen LogP contribution < -0.4 is 19.7 Å². The van der Waals surface area contributed by atoms with Crippen LogP contribution in [0.4, 0.5) is 10.5 Å². The van der Waals surface area contributed by atoms with Gasteiger partial charge in [-0.1, -0.05) is 30.3 Å². The van der Waals surface area contributed by atoms with Crippen LogP contribution >= 0.6 is 0 Å². The lowest BCUT2D eigenvalue weighted by Gasteiger charge is -2.24. The molecule has 2 N–H and O–H groups in total. The number of rotatable bonds is 8. The fraction of sp³-hybridized carbons (Fsp3) is 0.364. The molecule has 160 valence electrons. The first-order valence-electron chi connectivity index (χ1n) is 9.78. The smallest absolute Gasteiger partial charge is 0.318 e. The van der Waals surface area contributed by atoms with Crippen molar-refractivity contribution in [1.29, 1.82) is 0 Å². The van der Waals surface area contributed by atoms with Crippen LogP contribution in [0.1, 0.15) is 12.0 Å². The van der Waals surface area contributed by atoms with Gasteiger partial charge in [0.1, 0.15) is 0 Å². The topological polar surface area (TPSA) is 91.3 Å². The van der Waals surface area contributed by atoms with Crippen LogP contribution in [0, 0.1) is 0 Å². The van der Waals surface area contributed by atoms with Gasteiger partial charge in [0.25, 0.3) is 0 Å². The lowest BCUT2D eigenvalue weighted by molar-refractivity contribution is -0.117. The number of carbonyl (C=O) groups excluding carboxylic acids is 2. The fourth-order valence-corrected chi connectivity index (χ4v) is 3.49. The lowest BCUT2D eigenvalue weighted by atomic mass is 10.2. The number of hydrogen-bond donors (Lipinski definition) is 2. The molecule has 1 aliphatic heterocycles. The molecule has 1 heterocycles. The molecule has 2 aromatic carbocycles. The molecule has 1 atom stereocenters. The summed E-state index contributed by atoms with van der Waals surface area (Å²) in [6, 6.07) is 14.2. The molecule has 0 aliphatic carbocycles. The van der Waals surface area contributed by atoms with Gasteiger partial charge in [0.15, 0.2) is 11.5 Å². The predicted octanol–water partition coefficient (Wildman–Crippen LogP) is 2.01. The van der Waals surface area contributed by atoms with E-state index < -0.39 is 0 Å². The molecular formula is C22H27N3O5. The number of carbonyl (C=O) groups is 2. The van der Waals surface area contributed by atoms with Crippen molar-refractivity contribution < 1.29 is 24.2 Å². The van der Waals surface area contributed by atoms with Gasteiger partial charge in [-0.05, 0) is 17.7 Å². The summed E-state index contributed by atoms with van der Waals surface area (Å²) in [6.07, 6.45) is 0.207. The highest BCUT2D eigenvalue weighted by atomic mass is 16.5. The molecule has 0 bridgehead atoms. The molecule has 0 spiro atoms. The maximum atomic E-state index is 12.8. The van der Waals surface area contributed by atoms with Crippen LogP contribution in [0.3, 0.4) is 0 Å². The number of nitrogens with zero attached hydrogens (tertiary/aromatic N) is 2. The number of nitrogens with one attached hydrogen (secondary N) is 1. The number of aliphatic hydroxyl groups is 1. The zero-order valence-corrected chi connectivity index (χ0v) is 17.2. The normalized spacial score (nSPS) is 15.8. The molecule has 3 rings (SSSR count). The molecule has 2 aromatic rings. The highest BCUT2D eigenvalue weighted by Gasteiger charge is 2.33. The number of urea groups is 1. The Morgan fingerprint density at radius 1 is 1.17 bits per heavy atom. The first-order valence-corrected chi connectivity index (χ1v) is 9.78. The molecular weight excluding hydrogens is 386 g/mol. The van der Waals surface area contributed by atoms with E-state index in [1.54, 1.807) is 42.2 Å². The Morgan fingerprint density at radius 2 is 1.90 bits per heavy atom. The Balaban J connectivity index is 1.66. The molecule has 1 fully saturated rings. The number of benzene rings is 2. The van der Waals surface area contributed by atoms with Crippen molar-refractivity contribution in [1.82, 2.24) is 10.2 Å². The van der Waals surface area contributed by atoms with Crippen molar-refractivity contribution in [2.45, 2.75) is 19.0 Å². The third-order valence-corrected chi connectivity index (χ3v) is 5.00. The van der Waals surface area contributed by atoms with E-state index in [0.717, 1.165) is 5.56 Å². The minimum absolute atomic E-state index is 0.0794. The minimum atomic E-state index is -0.324. The molecule has 1 saturated heterocycles. The van der Waals surface area contributed by atoms with Crippen molar-refractivity contribution in [2.24, 2.45) is 0 Å². The molecule has 8 nitrogen and oxygen atoms in total. The number of amides is 3. The van der Waals surface area contributed by atoms with E-state index in [0.29, 0.717) is 30.3 Å². The molecule has 0 saturated carbocycles. The van der Waals surface area contributed by atoms with E-state index >= 15 is 0 Å². The van der Waals surface area contributed by atoms with Gasteiger partial charge in [-0.2, -0.15) is 0 Å². The Morgan fingerprint density at radius 3 is 2.57 bits per heavy atom. The Labute approximate surface area is 176 Å². The SMILES string of the molecule is COc1ccc(N2CC(NC(=O)N(CCO)Cc3ccccc3)CC2=O)cc1OC. The van der Waals surface area contributed by atoms with E-state index in [1.807, 2.05) is 30.3 Å². The third-order valence-electron chi connectivity index (χ3n) is 5.00. The summed E-state index contributed by atoms with van der Waals surface area (Å²) in [5.41, 5.74) is 1.65. The average molecular weight is 413 g/mol. The molecule has 3 amide bonds. The summed E-state index contributed by atoms with van der Waals surface area (Å²) in [6.45, 7) is 0.814. The number of ether oxygens (including phenoxy) is 2. The molecule has 0 radical (unpaired) electrons. The van der Waals surface area contributed by atoms with Gasteiger partial charge in [-0.25, -0.2) is 4.79 Å². The highest BCUT2D eigenvalue weighted by Crippen LogP contribution is 2.33. The van der Waals surface area contributed by atoms with E-state index in [9.17, 15) is 14.7 Å². The van der Waals surface area contributed by atoms with E-state index in [4.69, 9.17) is 9.47 Å². The second-order valence-corrected chi connectivity index (χ2v) is 7.02. The van der Waals surface area contributed by atoms with Crippen LogP contribution in [-0.2, 0) is 11.3 Å². The largest absolute Gasteiger partial charge is 0.493 e. The van der Waals surface area contributed by atoms with Crippen molar-refractivity contribution in [3.8, 4) is 11.5 Å². The minimum Gasteiger partial charge on any atom is -0.493 e. The van der Waals surface area contributed by atoms with Crippen LogP contribution in [-0.4, -0.2) is 61.9 Å². The standard InChI is InChI=1S/C22H27N3O5/c1-29-19-9-8-18(13-20(19)30-2)25-15-17(12-21(25)27)23-22(28)24(10-11-26)14-16-6-4-3-5-7-16/h3-9,13,17,26H,10-12,14-15H2,1-2H3,(H,23,28). The van der Waals surface area contributed by atoms with Crippen LogP contribution in [0.25, 0.3) is 0 Å². The summed E-state index contributed by atoms with van der Waals surface area (Å²) in [4.78, 5) is 28.5. The first kappa shape index (κ1) is 21.4. The lowest BCUT2D eigenvalue weighted by Crippen LogP contribution is -2.46. The van der Waals surface area contributed by atoms with E-state index in [2.05, 4.69) is 5.32 Å². The van der Waals surface area contributed by atoms with Crippen molar-refractivity contribution >= 4 is 17.6 Å². The van der Waals surface area contributed by atoms with E-state index in [1.165, 1.54) is 0 Å². The van der Waals surface area contributed by atoms with Gasteiger partial charge in [0.05, 0.1) is 26.9 Å². The van der Waals surface area contributed by atoms with Gasteiger partial charge in [-0.15, -0.1) is 0 Å². The van der Waals surface area contributed by atoms with Gasteiger partial charge in [0.2, 0.25) is 5.91 Å². The maximum Gasteiger partial charge on any atom is 0.318 e. The fourth-order valence-electron chi connectivity index (χ4n) is 3.49. The Kier molecular flexibility index (Phi) is 7.13. The molecule has 1 unspecified atom stereocenters. The number of hydrogen-bond acceptors (Lipinski definition) is 5. The summed E-state index contributed by atoms with van der Waals surface area (Å²) in [5.74, 6) is 1.04. The zero-order valence-electron chi connectivity index (χ0n) is 17.2. The van der Waals surface area contributed by atoms with Crippen LogP contribution in [0.2, 0.25) is 0 Å². The first-order chi connectivity index (χ1) is 14.5. The van der Waals surface area contributed by atoms with Crippen LogP contribution in [0.5, 0.6) is 11.5 Å². The van der Waals surface area contributed by atoms with Crippen molar-refractivity contribution in [2.75, 3.05) is 38.8 Å². The van der Waals surface area contributed by atoms with Crippen LogP contribution in [0.15, 0.2) is 48.5 Å². The second-order valence-electron chi connectivity index (χ2n) is 7.02. The molecule has 0 aromatic heterocycles. The third kappa shape index (κ3) is 5.01. The molecule has 1 aliphatic rings. The number of anilines is 1. The van der Waals surface area contributed by atoms with Gasteiger partial charge >= 0.3 is 6.03 Å².